The summed E-state index contributed by atoms with van der Waals surface area (Å²) in [5, 5.41) is 6.94. The normalized spacial score (nSPS) is 20.8. The number of piperidine rings is 1. The van der Waals surface area contributed by atoms with Gasteiger partial charge in [0.15, 0.2) is 0 Å². The fourth-order valence-corrected chi connectivity index (χ4v) is 3.83. The Bertz CT molecular complexity index is 724. The van der Waals surface area contributed by atoms with Gasteiger partial charge in [0.1, 0.15) is 5.75 Å². The summed E-state index contributed by atoms with van der Waals surface area (Å²) in [6.45, 7) is 1.25. The molecule has 2 aromatic carbocycles. The summed E-state index contributed by atoms with van der Waals surface area (Å²) < 4.78 is 43.0. The molecule has 0 saturated carbocycles. The molecule has 0 aromatic heterocycles. The van der Waals surface area contributed by atoms with Gasteiger partial charge in [-0.05, 0) is 65.7 Å². The summed E-state index contributed by atoms with van der Waals surface area (Å²) in [5.41, 5.74) is 1.69. The van der Waals surface area contributed by atoms with Gasteiger partial charge >= 0.3 is 6.36 Å². The van der Waals surface area contributed by atoms with E-state index < -0.39 is 6.36 Å². The van der Waals surface area contributed by atoms with Crippen molar-refractivity contribution in [2.24, 2.45) is 0 Å². The Balaban J connectivity index is 1.74. The average Bonchev–Trinajstić information content (AvgIpc) is 2.62. The lowest BCUT2D eigenvalue weighted by Crippen LogP contribution is -2.45. The summed E-state index contributed by atoms with van der Waals surface area (Å²) in [7, 11) is 0. The Kier molecular flexibility index (Phi) is 6.42. The van der Waals surface area contributed by atoms with E-state index in [2.05, 4.69) is 50.1 Å². The molecule has 0 bridgehead atoms. The fraction of sp³-hybridized carbons (Fsp3) is 0.368. The third kappa shape index (κ3) is 5.34. The molecule has 0 spiro atoms. The highest BCUT2D eigenvalue weighted by Gasteiger charge is 2.32. The third-order valence-corrected chi connectivity index (χ3v) is 5.09. The lowest BCUT2D eigenvalue weighted by Gasteiger charge is -2.34. The lowest BCUT2D eigenvalue weighted by atomic mass is 9.92. The van der Waals surface area contributed by atoms with E-state index in [1.807, 2.05) is 18.2 Å². The van der Waals surface area contributed by atoms with Gasteiger partial charge < -0.3 is 15.4 Å². The van der Waals surface area contributed by atoms with Gasteiger partial charge in [0, 0.05) is 27.8 Å². The number of rotatable bonds is 5. The molecular formula is C19H20F3IN2O. The number of halogens is 4. The third-order valence-electron chi connectivity index (χ3n) is 4.42. The van der Waals surface area contributed by atoms with Crippen molar-refractivity contribution in [3.63, 3.8) is 0 Å². The summed E-state index contributed by atoms with van der Waals surface area (Å²) in [5.74, 6) is -0.148. The summed E-state index contributed by atoms with van der Waals surface area (Å²) in [4.78, 5) is 0. The smallest absolute Gasteiger partial charge is 0.405 e. The van der Waals surface area contributed by atoms with Crippen molar-refractivity contribution in [3.8, 4) is 5.75 Å². The standard InChI is InChI=1S/C19H20F3IN2O/c20-19(21,22)26-17-9-8-15(23)11-14(17)12-25-16-7-4-10-24-18(16)13-5-2-1-3-6-13/h1-3,5-6,8-9,11,16,18,24-25H,4,7,10,12H2/i23-2. The van der Waals surface area contributed by atoms with Gasteiger partial charge in [-0.15, -0.1) is 13.2 Å². The zero-order chi connectivity index (χ0) is 18.6. The molecule has 0 amide bonds. The van der Waals surface area contributed by atoms with E-state index in [0.29, 0.717) is 12.1 Å². The second kappa shape index (κ2) is 8.58. The highest BCUT2D eigenvalue weighted by atomic mass is 125. The minimum atomic E-state index is -4.69. The summed E-state index contributed by atoms with van der Waals surface area (Å²) in [6.07, 6.45) is -2.70. The Morgan fingerprint density at radius 1 is 1.15 bits per heavy atom. The Labute approximate surface area is 164 Å². The molecule has 0 radical (unpaired) electrons. The average molecular weight is 474 g/mol. The van der Waals surface area contributed by atoms with Crippen LogP contribution in [0.2, 0.25) is 0 Å². The summed E-state index contributed by atoms with van der Waals surface area (Å²) in [6, 6.07) is 15.1. The molecule has 0 aliphatic carbocycles. The second-order valence-electron chi connectivity index (χ2n) is 6.27. The van der Waals surface area contributed by atoms with Crippen LogP contribution >= 0.6 is 22.6 Å². The van der Waals surface area contributed by atoms with Gasteiger partial charge in [0.25, 0.3) is 0 Å². The van der Waals surface area contributed by atoms with Crippen LogP contribution in [0.4, 0.5) is 13.2 Å². The van der Waals surface area contributed by atoms with E-state index in [1.54, 1.807) is 12.1 Å². The van der Waals surface area contributed by atoms with Crippen molar-refractivity contribution in [2.45, 2.75) is 37.8 Å². The van der Waals surface area contributed by atoms with Crippen LogP contribution < -0.4 is 15.4 Å². The highest BCUT2D eigenvalue weighted by molar-refractivity contribution is 14.1. The molecule has 140 valence electrons. The molecule has 2 aromatic rings. The molecule has 1 aliphatic heterocycles. The molecule has 3 nitrogen and oxygen atoms in total. The van der Waals surface area contributed by atoms with Gasteiger partial charge in [0.05, 0.1) is 0 Å². The van der Waals surface area contributed by atoms with Crippen LogP contribution in [-0.2, 0) is 6.54 Å². The SMILES string of the molecule is FC(F)(F)Oc1ccc([125I])cc1CNC1CCCNC1c1ccccc1. The van der Waals surface area contributed by atoms with Crippen LogP contribution in [0.25, 0.3) is 0 Å². The first kappa shape index (κ1) is 19.4. The molecule has 1 saturated heterocycles. The maximum atomic E-state index is 12.6. The van der Waals surface area contributed by atoms with Crippen molar-refractivity contribution < 1.29 is 17.9 Å². The van der Waals surface area contributed by atoms with Crippen LogP contribution in [0.3, 0.4) is 0 Å². The van der Waals surface area contributed by atoms with Crippen molar-refractivity contribution >= 4 is 22.6 Å². The van der Waals surface area contributed by atoms with Crippen molar-refractivity contribution in [3.05, 3.63) is 63.2 Å². The van der Waals surface area contributed by atoms with Gasteiger partial charge in [-0.25, -0.2) is 0 Å². The zero-order valence-electron chi connectivity index (χ0n) is 14.0. The second-order valence-corrected chi connectivity index (χ2v) is 7.52. The van der Waals surface area contributed by atoms with Gasteiger partial charge in [-0.3, -0.25) is 0 Å². The molecule has 3 rings (SSSR count). The molecule has 7 heteroatoms. The molecule has 1 heterocycles. The van der Waals surface area contributed by atoms with Crippen LogP contribution in [0.15, 0.2) is 48.5 Å². The van der Waals surface area contributed by atoms with E-state index in [4.69, 9.17) is 0 Å². The lowest BCUT2D eigenvalue weighted by molar-refractivity contribution is -0.274. The van der Waals surface area contributed by atoms with Gasteiger partial charge in [-0.1, -0.05) is 30.3 Å². The van der Waals surface area contributed by atoms with Crippen LogP contribution in [0, 0.1) is 3.57 Å². The van der Waals surface area contributed by atoms with Crippen molar-refractivity contribution in [2.75, 3.05) is 6.54 Å². The van der Waals surface area contributed by atoms with E-state index in [1.165, 1.54) is 11.6 Å². The molecular weight excluding hydrogens is 454 g/mol. The topological polar surface area (TPSA) is 33.3 Å². The molecule has 2 unspecified atom stereocenters. The fourth-order valence-electron chi connectivity index (χ4n) is 3.27. The summed E-state index contributed by atoms with van der Waals surface area (Å²) >= 11 is 2.09. The first-order valence-electron chi connectivity index (χ1n) is 8.48. The number of benzene rings is 2. The number of alkyl halides is 3. The van der Waals surface area contributed by atoms with Crippen LogP contribution in [0.5, 0.6) is 5.75 Å². The zero-order valence-corrected chi connectivity index (χ0v) is 16.2. The van der Waals surface area contributed by atoms with Gasteiger partial charge in [-0.2, -0.15) is 0 Å². The highest BCUT2D eigenvalue weighted by Crippen LogP contribution is 2.29. The Hall–Kier alpha value is -1.32. The maximum Gasteiger partial charge on any atom is 0.573 e. The predicted molar refractivity (Wildman–Crippen MR) is 103 cm³/mol. The number of ether oxygens (including phenoxy) is 1. The first-order chi connectivity index (χ1) is 12.4. The molecule has 1 aliphatic rings. The predicted octanol–water partition coefficient (Wildman–Crippen LogP) is 4.77. The van der Waals surface area contributed by atoms with E-state index in [-0.39, 0.29) is 17.8 Å². The minimum absolute atomic E-state index is 0.139. The minimum Gasteiger partial charge on any atom is -0.405 e. The Morgan fingerprint density at radius 3 is 2.65 bits per heavy atom. The van der Waals surface area contributed by atoms with Crippen molar-refractivity contribution in [1.82, 2.24) is 10.6 Å². The van der Waals surface area contributed by atoms with Crippen LogP contribution in [-0.4, -0.2) is 18.9 Å². The number of nitrogens with one attached hydrogen (secondary N) is 2. The molecule has 2 N–H and O–H groups in total. The molecule has 1 fully saturated rings. The van der Waals surface area contributed by atoms with Gasteiger partial charge in [0.2, 0.25) is 0 Å². The maximum absolute atomic E-state index is 12.6. The molecule has 2 atom stereocenters. The van der Waals surface area contributed by atoms with E-state index in [9.17, 15) is 13.2 Å². The van der Waals surface area contributed by atoms with E-state index in [0.717, 1.165) is 23.0 Å². The monoisotopic (exact) mass is 474 g/mol. The molecule has 26 heavy (non-hydrogen) atoms. The van der Waals surface area contributed by atoms with Crippen LogP contribution in [0.1, 0.15) is 30.0 Å². The van der Waals surface area contributed by atoms with E-state index >= 15 is 0 Å². The first-order valence-corrected chi connectivity index (χ1v) is 9.56. The Morgan fingerprint density at radius 2 is 1.92 bits per heavy atom. The number of hydrogen-bond acceptors (Lipinski definition) is 3. The quantitative estimate of drug-likeness (QED) is 0.613. The van der Waals surface area contributed by atoms with Crippen molar-refractivity contribution in [1.29, 1.82) is 0 Å². The number of hydrogen-bond donors (Lipinski definition) is 2. The largest absolute Gasteiger partial charge is 0.573 e.